The average molecular weight is 243 g/mol. The van der Waals surface area contributed by atoms with E-state index in [-0.39, 0.29) is 0 Å². The average Bonchev–Trinajstić information content (AvgIpc) is 2.25. The van der Waals surface area contributed by atoms with Gasteiger partial charge in [-0.15, -0.1) is 0 Å². The second-order valence-corrected chi connectivity index (χ2v) is 3.94. The van der Waals surface area contributed by atoms with Gasteiger partial charge >= 0.3 is 0 Å². The summed E-state index contributed by atoms with van der Waals surface area (Å²) in [4.78, 5) is 0. The maximum absolute atomic E-state index is 9.01. The van der Waals surface area contributed by atoms with Crippen LogP contribution in [-0.4, -0.2) is 6.54 Å². The highest BCUT2D eigenvalue weighted by molar-refractivity contribution is 6.42. The third-order valence-corrected chi connectivity index (χ3v) is 2.85. The molecule has 0 saturated heterocycles. The number of nitrogens with zero attached hydrogens (tertiary/aromatic N) is 1. The Morgan fingerprint density at radius 2 is 2.20 bits per heavy atom. The highest BCUT2D eigenvalue weighted by Crippen LogP contribution is 2.29. The highest BCUT2D eigenvalue weighted by atomic mass is 35.5. The van der Waals surface area contributed by atoms with E-state index in [9.17, 15) is 0 Å². The molecule has 80 valence electrons. The predicted octanol–water partition coefficient (Wildman–Crippen LogP) is 3.56. The minimum absolute atomic E-state index is 0.392. The number of nitrogens with one attached hydrogen (secondary N) is 1. The topological polar surface area (TPSA) is 35.8 Å². The summed E-state index contributed by atoms with van der Waals surface area (Å²) in [5.74, 6) is 0. The van der Waals surface area contributed by atoms with E-state index in [1.165, 1.54) is 0 Å². The van der Waals surface area contributed by atoms with E-state index >= 15 is 0 Å². The van der Waals surface area contributed by atoms with Crippen molar-refractivity contribution in [1.29, 1.82) is 5.26 Å². The quantitative estimate of drug-likeness (QED) is 0.877. The third-order valence-electron chi connectivity index (χ3n) is 2.02. The Labute approximate surface area is 99.8 Å². The molecule has 0 aliphatic rings. The molecule has 0 saturated carbocycles. The van der Waals surface area contributed by atoms with Crippen molar-refractivity contribution in [3.8, 4) is 6.07 Å². The van der Waals surface area contributed by atoms with E-state index in [0.29, 0.717) is 10.0 Å². The van der Waals surface area contributed by atoms with Crippen molar-refractivity contribution in [1.82, 2.24) is 5.32 Å². The number of hydrogen-bond acceptors (Lipinski definition) is 2. The van der Waals surface area contributed by atoms with Crippen LogP contribution in [0.5, 0.6) is 0 Å². The summed E-state index contributed by atoms with van der Waals surface area (Å²) < 4.78 is 0. The van der Waals surface area contributed by atoms with Crippen LogP contribution in [0, 0.1) is 11.3 Å². The maximum Gasteiger partial charge on any atom is 0.122 e. The van der Waals surface area contributed by atoms with E-state index < -0.39 is 6.04 Å². The minimum Gasteiger partial charge on any atom is -0.298 e. The molecule has 1 N–H and O–H groups in total. The van der Waals surface area contributed by atoms with Gasteiger partial charge in [0.1, 0.15) is 6.04 Å². The molecule has 0 aliphatic heterocycles. The third kappa shape index (κ3) is 3.10. The Morgan fingerprint density at radius 3 is 2.80 bits per heavy atom. The van der Waals surface area contributed by atoms with Crippen molar-refractivity contribution in [2.24, 2.45) is 0 Å². The van der Waals surface area contributed by atoms with Crippen LogP contribution in [0.3, 0.4) is 0 Å². The smallest absolute Gasteiger partial charge is 0.122 e. The highest BCUT2D eigenvalue weighted by Gasteiger charge is 2.14. The van der Waals surface area contributed by atoms with Crippen molar-refractivity contribution in [2.75, 3.05) is 6.54 Å². The fraction of sp³-hybridized carbons (Fsp3) is 0.364. The van der Waals surface area contributed by atoms with Gasteiger partial charge in [0.25, 0.3) is 0 Å². The van der Waals surface area contributed by atoms with Gasteiger partial charge in [0.15, 0.2) is 0 Å². The molecule has 1 aromatic rings. The molecule has 1 atom stereocenters. The number of rotatable bonds is 4. The standard InChI is InChI=1S/C11H12Cl2N2/c1-2-6-15-10(7-14)8-4-3-5-9(12)11(8)13/h3-5,10,15H,2,6H2,1H3. The zero-order valence-electron chi connectivity index (χ0n) is 8.43. The van der Waals surface area contributed by atoms with Gasteiger partial charge in [-0.3, -0.25) is 5.32 Å². The lowest BCUT2D eigenvalue weighted by Gasteiger charge is -2.13. The van der Waals surface area contributed by atoms with Gasteiger partial charge in [0, 0.05) is 5.56 Å². The van der Waals surface area contributed by atoms with E-state index in [0.717, 1.165) is 18.5 Å². The monoisotopic (exact) mass is 242 g/mol. The SMILES string of the molecule is CCCNC(C#N)c1cccc(Cl)c1Cl. The minimum atomic E-state index is -0.392. The first-order valence-corrected chi connectivity index (χ1v) is 5.53. The number of halogens is 2. The molecule has 0 heterocycles. The van der Waals surface area contributed by atoms with Gasteiger partial charge in [-0.25, -0.2) is 0 Å². The lowest BCUT2D eigenvalue weighted by Crippen LogP contribution is -2.20. The van der Waals surface area contributed by atoms with Crippen LogP contribution in [0.25, 0.3) is 0 Å². The Hall–Kier alpha value is -0.750. The van der Waals surface area contributed by atoms with Crippen LogP contribution in [0.4, 0.5) is 0 Å². The summed E-state index contributed by atoms with van der Waals surface area (Å²) in [6.45, 7) is 2.82. The molecule has 0 spiro atoms. The number of hydrogen-bond donors (Lipinski definition) is 1. The second kappa shape index (κ2) is 5.97. The predicted molar refractivity (Wildman–Crippen MR) is 63.1 cm³/mol. The normalized spacial score (nSPS) is 12.1. The summed E-state index contributed by atoms with van der Waals surface area (Å²) in [6, 6.07) is 7.09. The van der Waals surface area contributed by atoms with Gasteiger partial charge in [0.2, 0.25) is 0 Å². The van der Waals surface area contributed by atoms with Crippen LogP contribution in [0.2, 0.25) is 10.0 Å². The molecule has 0 aromatic heterocycles. The summed E-state index contributed by atoms with van der Waals surface area (Å²) in [6.07, 6.45) is 0.969. The largest absolute Gasteiger partial charge is 0.298 e. The first-order chi connectivity index (χ1) is 7.20. The Morgan fingerprint density at radius 1 is 1.47 bits per heavy atom. The Bertz CT molecular complexity index is 371. The lowest BCUT2D eigenvalue weighted by molar-refractivity contribution is 0.621. The van der Waals surface area contributed by atoms with Crippen LogP contribution < -0.4 is 5.32 Å². The van der Waals surface area contributed by atoms with Crippen LogP contribution in [0.1, 0.15) is 24.9 Å². The van der Waals surface area contributed by atoms with Gasteiger partial charge < -0.3 is 0 Å². The van der Waals surface area contributed by atoms with E-state index in [1.54, 1.807) is 12.1 Å². The van der Waals surface area contributed by atoms with Crippen LogP contribution in [-0.2, 0) is 0 Å². The van der Waals surface area contributed by atoms with E-state index in [4.69, 9.17) is 28.5 Å². The van der Waals surface area contributed by atoms with Crippen molar-refractivity contribution in [3.63, 3.8) is 0 Å². The molecule has 0 radical (unpaired) electrons. The summed E-state index contributed by atoms with van der Waals surface area (Å²) >= 11 is 11.9. The van der Waals surface area contributed by atoms with Crippen LogP contribution in [0.15, 0.2) is 18.2 Å². The molecule has 0 bridgehead atoms. The molecule has 15 heavy (non-hydrogen) atoms. The molecule has 0 fully saturated rings. The molecular formula is C11H12Cl2N2. The summed E-state index contributed by atoms with van der Waals surface area (Å²) in [5, 5.41) is 13.0. The fourth-order valence-corrected chi connectivity index (χ4v) is 1.67. The Balaban J connectivity index is 2.93. The molecule has 4 heteroatoms. The maximum atomic E-state index is 9.01. The molecule has 1 rings (SSSR count). The molecule has 2 nitrogen and oxygen atoms in total. The van der Waals surface area contributed by atoms with Crippen molar-refractivity contribution in [3.05, 3.63) is 33.8 Å². The molecule has 0 amide bonds. The fourth-order valence-electron chi connectivity index (χ4n) is 1.26. The molecule has 0 aliphatic carbocycles. The first-order valence-electron chi connectivity index (χ1n) is 4.77. The van der Waals surface area contributed by atoms with E-state index in [1.807, 2.05) is 13.0 Å². The lowest BCUT2D eigenvalue weighted by atomic mass is 10.1. The van der Waals surface area contributed by atoms with Gasteiger partial charge in [-0.05, 0) is 19.0 Å². The van der Waals surface area contributed by atoms with Gasteiger partial charge in [-0.1, -0.05) is 42.3 Å². The Kier molecular flexibility index (Phi) is 4.90. The van der Waals surface area contributed by atoms with Crippen molar-refractivity contribution < 1.29 is 0 Å². The molecular weight excluding hydrogens is 231 g/mol. The number of benzene rings is 1. The van der Waals surface area contributed by atoms with E-state index in [2.05, 4.69) is 11.4 Å². The summed E-state index contributed by atoms with van der Waals surface area (Å²) in [5.41, 5.74) is 0.736. The molecule has 1 aromatic carbocycles. The zero-order valence-corrected chi connectivity index (χ0v) is 9.94. The van der Waals surface area contributed by atoms with Crippen LogP contribution >= 0.6 is 23.2 Å². The van der Waals surface area contributed by atoms with Gasteiger partial charge in [0.05, 0.1) is 16.1 Å². The number of nitriles is 1. The summed E-state index contributed by atoms with van der Waals surface area (Å²) in [7, 11) is 0. The van der Waals surface area contributed by atoms with Gasteiger partial charge in [-0.2, -0.15) is 5.26 Å². The van der Waals surface area contributed by atoms with Crippen molar-refractivity contribution in [2.45, 2.75) is 19.4 Å². The first kappa shape index (κ1) is 12.3. The molecule has 1 unspecified atom stereocenters. The zero-order chi connectivity index (χ0) is 11.3. The van der Waals surface area contributed by atoms with Crippen molar-refractivity contribution >= 4 is 23.2 Å². The second-order valence-electron chi connectivity index (χ2n) is 3.16.